The van der Waals surface area contributed by atoms with Gasteiger partial charge in [-0.15, -0.1) is 0 Å². The van der Waals surface area contributed by atoms with E-state index in [0.717, 1.165) is 81.5 Å². The minimum Gasteiger partial charge on any atom is -0.368 e. The van der Waals surface area contributed by atoms with Crippen molar-refractivity contribution in [1.29, 1.82) is 0 Å². The molecule has 0 saturated carbocycles. The second kappa shape index (κ2) is 10.0. The van der Waals surface area contributed by atoms with Gasteiger partial charge in [0, 0.05) is 61.8 Å². The number of fused-ring (bicyclic) bond motifs is 4. The van der Waals surface area contributed by atoms with Crippen molar-refractivity contribution >= 4 is 50.1 Å². The van der Waals surface area contributed by atoms with E-state index >= 15 is 0 Å². The summed E-state index contributed by atoms with van der Waals surface area (Å²) >= 11 is 6.90. The fourth-order valence-corrected chi connectivity index (χ4v) is 6.31. The highest BCUT2D eigenvalue weighted by Gasteiger charge is 2.22. The largest absolute Gasteiger partial charge is 0.368 e. The van der Waals surface area contributed by atoms with Crippen LogP contribution < -0.4 is 10.6 Å². The number of hydrogen-bond acceptors (Lipinski definition) is 5. The first-order valence-electron chi connectivity index (χ1n) is 14.0. The SMILES string of the molecule is CC(C)N1CCN(c2ccc(-n3c(=O)n(C)c4cnc5ccc(-c6cnc7ccccc7c6)cc5c43)cc2Cl)CC1. The predicted molar refractivity (Wildman–Crippen MR) is 168 cm³/mol. The highest BCUT2D eigenvalue weighted by molar-refractivity contribution is 6.33. The molecule has 0 radical (unpaired) electrons. The van der Waals surface area contributed by atoms with Gasteiger partial charge in [-0.2, -0.15) is 0 Å². The smallest absolute Gasteiger partial charge is 0.333 e. The van der Waals surface area contributed by atoms with Crippen molar-refractivity contribution in [3.05, 3.63) is 94.6 Å². The molecule has 4 heterocycles. The summed E-state index contributed by atoms with van der Waals surface area (Å²) in [5, 5.41) is 2.62. The molecule has 8 heteroatoms. The molecule has 0 unspecified atom stereocenters. The van der Waals surface area contributed by atoms with Gasteiger partial charge in [0.1, 0.15) is 0 Å². The number of anilines is 1. The Morgan fingerprint density at radius 3 is 2.39 bits per heavy atom. The lowest BCUT2D eigenvalue weighted by molar-refractivity contribution is 0.209. The molecule has 0 spiro atoms. The first-order valence-corrected chi connectivity index (χ1v) is 14.4. The number of aromatic nitrogens is 4. The molecular weight excluding hydrogens is 532 g/mol. The molecule has 206 valence electrons. The van der Waals surface area contributed by atoms with Gasteiger partial charge >= 0.3 is 5.69 Å². The molecule has 3 aromatic carbocycles. The molecule has 3 aromatic heterocycles. The van der Waals surface area contributed by atoms with Gasteiger partial charge in [0.25, 0.3) is 0 Å². The van der Waals surface area contributed by atoms with Gasteiger partial charge in [-0.25, -0.2) is 4.79 Å². The Balaban J connectivity index is 1.34. The van der Waals surface area contributed by atoms with Crippen LogP contribution in [-0.2, 0) is 7.05 Å². The fraction of sp³-hybridized carbons (Fsp3) is 0.242. The van der Waals surface area contributed by atoms with Crippen LogP contribution in [0.5, 0.6) is 0 Å². The van der Waals surface area contributed by atoms with Crippen LogP contribution >= 0.6 is 11.6 Å². The molecule has 6 aromatic rings. The molecule has 0 bridgehead atoms. The Kier molecular flexibility index (Phi) is 6.29. The standard InChI is InChI=1S/C33H31ClN6O/c1-21(2)38-12-14-39(15-13-38)30-11-9-25(18-27(30)34)40-32-26-17-22(24-16-23-6-4-5-7-28(23)35-19-24)8-10-29(26)36-20-31(32)37(3)33(40)41/h4-11,16-21H,12-15H2,1-3H3. The average molecular weight is 563 g/mol. The van der Waals surface area contributed by atoms with Crippen LogP contribution in [0.2, 0.25) is 5.02 Å². The third-order valence-electron chi connectivity index (χ3n) is 8.38. The van der Waals surface area contributed by atoms with Crippen molar-refractivity contribution < 1.29 is 0 Å². The van der Waals surface area contributed by atoms with E-state index in [1.54, 1.807) is 22.4 Å². The zero-order valence-electron chi connectivity index (χ0n) is 23.4. The molecule has 1 aliphatic rings. The van der Waals surface area contributed by atoms with E-state index in [4.69, 9.17) is 11.6 Å². The van der Waals surface area contributed by atoms with Crippen LogP contribution in [-0.4, -0.2) is 56.2 Å². The third-order valence-corrected chi connectivity index (χ3v) is 8.68. The number of nitrogens with zero attached hydrogens (tertiary/aromatic N) is 6. The summed E-state index contributed by atoms with van der Waals surface area (Å²) < 4.78 is 3.41. The maximum absolute atomic E-state index is 13.7. The zero-order chi connectivity index (χ0) is 28.2. The van der Waals surface area contributed by atoms with Gasteiger partial charge < -0.3 is 4.90 Å². The second-order valence-corrected chi connectivity index (χ2v) is 11.5. The van der Waals surface area contributed by atoms with Crippen molar-refractivity contribution in [3.63, 3.8) is 0 Å². The lowest BCUT2D eigenvalue weighted by atomic mass is 10.0. The normalized spacial score (nSPS) is 14.6. The van der Waals surface area contributed by atoms with Crippen LogP contribution in [0.4, 0.5) is 5.69 Å². The van der Waals surface area contributed by atoms with E-state index in [2.05, 4.69) is 57.9 Å². The first kappa shape index (κ1) is 25.7. The molecule has 0 N–H and O–H groups in total. The Labute approximate surface area is 243 Å². The van der Waals surface area contributed by atoms with E-state index in [1.807, 2.05) is 48.7 Å². The monoisotopic (exact) mass is 562 g/mol. The number of hydrogen-bond donors (Lipinski definition) is 0. The topological polar surface area (TPSA) is 59.2 Å². The van der Waals surface area contributed by atoms with Gasteiger partial charge in [-0.1, -0.05) is 35.9 Å². The van der Waals surface area contributed by atoms with Gasteiger partial charge in [0.05, 0.1) is 44.7 Å². The minimum atomic E-state index is -0.138. The van der Waals surface area contributed by atoms with Crippen molar-refractivity contribution in [2.75, 3.05) is 31.1 Å². The summed E-state index contributed by atoms with van der Waals surface area (Å²) in [5.74, 6) is 0. The van der Waals surface area contributed by atoms with Crippen molar-refractivity contribution in [1.82, 2.24) is 24.0 Å². The minimum absolute atomic E-state index is 0.138. The Morgan fingerprint density at radius 1 is 0.829 bits per heavy atom. The Bertz CT molecular complexity index is 2000. The van der Waals surface area contributed by atoms with Gasteiger partial charge in [0.2, 0.25) is 0 Å². The summed E-state index contributed by atoms with van der Waals surface area (Å²) in [6.07, 6.45) is 3.67. The zero-order valence-corrected chi connectivity index (χ0v) is 24.1. The molecule has 1 aliphatic heterocycles. The Morgan fingerprint density at radius 2 is 1.61 bits per heavy atom. The maximum atomic E-state index is 13.7. The number of piperazine rings is 1. The number of para-hydroxylation sites is 1. The molecule has 1 fully saturated rings. The number of rotatable bonds is 4. The van der Waals surface area contributed by atoms with E-state index in [9.17, 15) is 4.79 Å². The number of pyridine rings is 2. The Hall–Kier alpha value is -4.20. The number of benzene rings is 3. The van der Waals surface area contributed by atoms with E-state index in [-0.39, 0.29) is 5.69 Å². The van der Waals surface area contributed by atoms with Crippen LogP contribution in [0.1, 0.15) is 13.8 Å². The molecule has 41 heavy (non-hydrogen) atoms. The summed E-state index contributed by atoms with van der Waals surface area (Å²) in [6.45, 7) is 8.34. The lowest BCUT2D eigenvalue weighted by Crippen LogP contribution is -2.49. The van der Waals surface area contributed by atoms with Gasteiger partial charge in [0.15, 0.2) is 0 Å². The molecule has 0 atom stereocenters. The van der Waals surface area contributed by atoms with Crippen LogP contribution in [0.3, 0.4) is 0 Å². The highest BCUT2D eigenvalue weighted by atomic mass is 35.5. The number of halogens is 1. The van der Waals surface area contributed by atoms with Crippen molar-refractivity contribution in [3.8, 4) is 16.8 Å². The first-order chi connectivity index (χ1) is 19.9. The van der Waals surface area contributed by atoms with E-state index in [1.165, 1.54) is 0 Å². The van der Waals surface area contributed by atoms with Crippen LogP contribution in [0.25, 0.3) is 49.7 Å². The fourth-order valence-electron chi connectivity index (χ4n) is 6.02. The van der Waals surface area contributed by atoms with Crippen molar-refractivity contribution in [2.45, 2.75) is 19.9 Å². The van der Waals surface area contributed by atoms with Crippen LogP contribution in [0.15, 0.2) is 83.9 Å². The van der Waals surface area contributed by atoms with Gasteiger partial charge in [-0.05, 0) is 61.9 Å². The summed E-state index contributed by atoms with van der Waals surface area (Å²) in [5.41, 5.74) is 6.99. The number of aryl methyl sites for hydroxylation is 1. The highest BCUT2D eigenvalue weighted by Crippen LogP contribution is 2.33. The van der Waals surface area contributed by atoms with Crippen molar-refractivity contribution in [2.24, 2.45) is 7.05 Å². The third kappa shape index (κ3) is 4.36. The second-order valence-electron chi connectivity index (χ2n) is 11.1. The molecule has 7 rings (SSSR count). The molecule has 0 amide bonds. The molecular formula is C33H31ClN6O. The molecule has 1 saturated heterocycles. The van der Waals surface area contributed by atoms with E-state index < -0.39 is 0 Å². The summed E-state index contributed by atoms with van der Waals surface area (Å²) in [4.78, 5) is 27.8. The molecule has 7 nitrogen and oxygen atoms in total. The van der Waals surface area contributed by atoms with Gasteiger partial charge in [-0.3, -0.25) is 24.0 Å². The predicted octanol–water partition coefficient (Wildman–Crippen LogP) is 6.28. The maximum Gasteiger partial charge on any atom is 0.333 e. The lowest BCUT2D eigenvalue weighted by Gasteiger charge is -2.38. The summed E-state index contributed by atoms with van der Waals surface area (Å²) in [6, 6.07) is 22.9. The average Bonchev–Trinajstić information content (AvgIpc) is 3.26. The van der Waals surface area contributed by atoms with E-state index in [0.29, 0.717) is 11.1 Å². The van der Waals surface area contributed by atoms with Crippen LogP contribution in [0, 0.1) is 0 Å². The number of imidazole rings is 1. The quantitative estimate of drug-likeness (QED) is 0.253. The summed E-state index contributed by atoms with van der Waals surface area (Å²) in [7, 11) is 1.79. The molecule has 0 aliphatic carbocycles.